The van der Waals surface area contributed by atoms with E-state index in [1.54, 1.807) is 7.05 Å². The third-order valence-electron chi connectivity index (χ3n) is 6.31. The third kappa shape index (κ3) is 4.74. The summed E-state index contributed by atoms with van der Waals surface area (Å²) in [4.78, 5) is 28.7. The van der Waals surface area contributed by atoms with Crippen molar-refractivity contribution in [1.29, 1.82) is 0 Å². The molecule has 2 fully saturated rings. The van der Waals surface area contributed by atoms with Crippen LogP contribution in [0.2, 0.25) is 10.0 Å². The number of carbonyl (C=O) groups is 2. The van der Waals surface area contributed by atoms with E-state index in [1.807, 2.05) is 23.1 Å². The van der Waals surface area contributed by atoms with Gasteiger partial charge in [0.15, 0.2) is 0 Å². The molecule has 30 heavy (non-hydrogen) atoms. The quantitative estimate of drug-likeness (QED) is 0.763. The first-order valence-electron chi connectivity index (χ1n) is 10.4. The van der Waals surface area contributed by atoms with E-state index in [-0.39, 0.29) is 23.8 Å². The van der Waals surface area contributed by atoms with Crippen molar-refractivity contribution in [2.45, 2.75) is 32.2 Å². The van der Waals surface area contributed by atoms with Crippen LogP contribution in [0.15, 0.2) is 23.3 Å². The number of nitrogens with one attached hydrogen (secondary N) is 1. The number of hydrogen-bond donors (Lipinski definition) is 1. The van der Waals surface area contributed by atoms with Crippen LogP contribution >= 0.6 is 23.2 Å². The molecule has 1 N–H and O–H groups in total. The molecule has 7 nitrogen and oxygen atoms in total. The molecule has 2 saturated heterocycles. The Hall–Kier alpha value is -1.83. The summed E-state index contributed by atoms with van der Waals surface area (Å²) in [5.41, 5.74) is 2.01. The topological polar surface area (TPSA) is 68.2 Å². The molecule has 3 aliphatic heterocycles. The van der Waals surface area contributed by atoms with Gasteiger partial charge in [-0.25, -0.2) is 9.80 Å². The van der Waals surface area contributed by atoms with E-state index >= 15 is 0 Å². The van der Waals surface area contributed by atoms with E-state index in [4.69, 9.17) is 23.2 Å². The van der Waals surface area contributed by atoms with Crippen LogP contribution in [-0.4, -0.2) is 72.2 Å². The van der Waals surface area contributed by atoms with Crippen LogP contribution in [0.1, 0.15) is 31.2 Å². The Labute approximate surface area is 187 Å². The van der Waals surface area contributed by atoms with E-state index in [0.29, 0.717) is 22.3 Å². The first kappa shape index (κ1) is 21.4. The van der Waals surface area contributed by atoms with Crippen LogP contribution in [0.4, 0.5) is 4.79 Å². The van der Waals surface area contributed by atoms with Gasteiger partial charge >= 0.3 is 6.03 Å². The summed E-state index contributed by atoms with van der Waals surface area (Å²) in [6.45, 7) is 4.69. The van der Waals surface area contributed by atoms with Crippen LogP contribution in [-0.2, 0) is 11.3 Å². The van der Waals surface area contributed by atoms with Crippen LogP contribution in [0, 0.1) is 5.41 Å². The number of amides is 3. The maximum Gasteiger partial charge on any atom is 0.317 e. The molecule has 3 amide bonds. The normalized spacial score (nSPS) is 24.6. The van der Waals surface area contributed by atoms with Crippen LogP contribution < -0.4 is 5.32 Å². The first-order valence-corrected chi connectivity index (χ1v) is 11.1. The third-order valence-corrected chi connectivity index (χ3v) is 7.05. The summed E-state index contributed by atoms with van der Waals surface area (Å²) in [5, 5.41) is 9.60. The van der Waals surface area contributed by atoms with Gasteiger partial charge in [-0.05, 0) is 43.5 Å². The minimum Gasteiger partial charge on any atom is -0.333 e. The zero-order valence-electron chi connectivity index (χ0n) is 17.2. The molecule has 1 spiro atoms. The lowest BCUT2D eigenvalue weighted by atomic mass is 9.79. The Bertz CT molecular complexity index is 877. The van der Waals surface area contributed by atoms with Crippen LogP contribution in [0.5, 0.6) is 0 Å². The standard InChI is InChI=1S/C21H27Cl2N5O2/c1-26-19(29)10-16(25-26)11-24-20(30)28-7-2-5-21(14-28)6-8-27(13-21)12-15-3-4-17(22)18(23)9-15/h3-4,9H,2,5-8,10-14H2,1H3,(H,24,30). The van der Waals surface area contributed by atoms with Gasteiger partial charge in [0.1, 0.15) is 0 Å². The minimum atomic E-state index is -0.0679. The summed E-state index contributed by atoms with van der Waals surface area (Å²) in [6, 6.07) is 5.73. The van der Waals surface area contributed by atoms with Crippen LogP contribution in [0.3, 0.4) is 0 Å². The molecule has 3 heterocycles. The van der Waals surface area contributed by atoms with Crippen molar-refractivity contribution in [3.63, 3.8) is 0 Å². The van der Waals surface area contributed by atoms with Crippen molar-refractivity contribution in [3.05, 3.63) is 33.8 Å². The number of piperidine rings is 1. The van der Waals surface area contributed by atoms with Gasteiger partial charge in [-0.15, -0.1) is 0 Å². The van der Waals surface area contributed by atoms with E-state index in [2.05, 4.69) is 15.3 Å². The average molecular weight is 452 g/mol. The van der Waals surface area contributed by atoms with Crippen molar-refractivity contribution in [2.24, 2.45) is 10.5 Å². The van der Waals surface area contributed by atoms with E-state index < -0.39 is 0 Å². The molecular formula is C21H27Cl2N5O2. The highest BCUT2D eigenvalue weighted by atomic mass is 35.5. The largest absolute Gasteiger partial charge is 0.333 e. The van der Waals surface area contributed by atoms with Gasteiger partial charge in [-0.1, -0.05) is 29.3 Å². The second kappa shape index (κ2) is 8.73. The molecule has 0 aliphatic carbocycles. The molecule has 1 aromatic rings. The van der Waals surface area contributed by atoms with Crippen molar-refractivity contribution in [3.8, 4) is 0 Å². The van der Waals surface area contributed by atoms with Gasteiger partial charge in [0.2, 0.25) is 5.91 Å². The number of benzene rings is 1. The number of carbonyl (C=O) groups excluding carboxylic acids is 2. The second-order valence-corrected chi connectivity index (χ2v) is 9.47. The van der Waals surface area contributed by atoms with Crippen molar-refractivity contribution < 1.29 is 9.59 Å². The molecule has 162 valence electrons. The minimum absolute atomic E-state index is 0.0378. The first-order chi connectivity index (χ1) is 14.3. The predicted octanol–water partition coefficient (Wildman–Crippen LogP) is 3.21. The number of nitrogens with zero attached hydrogens (tertiary/aromatic N) is 4. The fourth-order valence-electron chi connectivity index (χ4n) is 4.75. The highest BCUT2D eigenvalue weighted by Gasteiger charge is 2.42. The maximum atomic E-state index is 12.7. The number of urea groups is 1. The number of hydrogen-bond acceptors (Lipinski definition) is 4. The molecule has 9 heteroatoms. The Morgan fingerprint density at radius 3 is 2.77 bits per heavy atom. The number of likely N-dealkylation sites (tertiary alicyclic amines) is 2. The summed E-state index contributed by atoms with van der Waals surface area (Å²) >= 11 is 12.2. The van der Waals surface area contributed by atoms with Gasteiger partial charge in [0, 0.05) is 38.6 Å². The zero-order valence-corrected chi connectivity index (χ0v) is 18.7. The van der Waals surface area contributed by atoms with Crippen LogP contribution in [0.25, 0.3) is 0 Å². The van der Waals surface area contributed by atoms with E-state index in [0.717, 1.165) is 57.5 Å². The summed E-state index contributed by atoms with van der Waals surface area (Å²) in [5.74, 6) is -0.0378. The summed E-state index contributed by atoms with van der Waals surface area (Å²) < 4.78 is 0. The fraction of sp³-hybridized carbons (Fsp3) is 0.571. The van der Waals surface area contributed by atoms with Crippen molar-refractivity contribution in [1.82, 2.24) is 20.1 Å². The molecule has 0 bridgehead atoms. The molecule has 1 aromatic carbocycles. The zero-order chi connectivity index (χ0) is 21.3. The highest BCUT2D eigenvalue weighted by Crippen LogP contribution is 2.39. The van der Waals surface area contributed by atoms with Crippen molar-refractivity contribution in [2.75, 3.05) is 39.8 Å². The molecular weight excluding hydrogens is 425 g/mol. The monoisotopic (exact) mass is 451 g/mol. The molecule has 3 aliphatic rings. The maximum absolute atomic E-state index is 12.7. The van der Waals surface area contributed by atoms with Gasteiger partial charge in [0.05, 0.1) is 28.7 Å². The number of rotatable bonds is 4. The Morgan fingerprint density at radius 1 is 1.20 bits per heavy atom. The predicted molar refractivity (Wildman–Crippen MR) is 118 cm³/mol. The van der Waals surface area contributed by atoms with Crippen molar-refractivity contribution >= 4 is 40.9 Å². The lowest BCUT2D eigenvalue weighted by Gasteiger charge is -2.40. The Kier molecular flexibility index (Phi) is 6.23. The fourth-order valence-corrected chi connectivity index (χ4v) is 5.07. The molecule has 4 rings (SSSR count). The average Bonchev–Trinajstić information content (AvgIpc) is 3.25. The summed E-state index contributed by atoms with van der Waals surface area (Å²) in [7, 11) is 1.63. The number of halogens is 2. The second-order valence-electron chi connectivity index (χ2n) is 8.65. The smallest absolute Gasteiger partial charge is 0.317 e. The summed E-state index contributed by atoms with van der Waals surface area (Å²) in [6.07, 6.45) is 3.52. The molecule has 0 saturated carbocycles. The highest BCUT2D eigenvalue weighted by molar-refractivity contribution is 6.42. The van der Waals surface area contributed by atoms with Gasteiger partial charge in [0.25, 0.3) is 0 Å². The Morgan fingerprint density at radius 2 is 2.03 bits per heavy atom. The molecule has 0 aromatic heterocycles. The van der Waals surface area contributed by atoms with E-state index in [9.17, 15) is 9.59 Å². The molecule has 0 radical (unpaired) electrons. The van der Waals surface area contributed by atoms with Gasteiger partial charge < -0.3 is 10.2 Å². The Balaban J connectivity index is 1.31. The molecule has 1 unspecified atom stereocenters. The molecule has 1 atom stereocenters. The SMILES string of the molecule is CN1N=C(CNC(=O)N2CCCC3(CCN(Cc4ccc(Cl)c(Cl)c4)C3)C2)CC1=O. The van der Waals surface area contributed by atoms with E-state index in [1.165, 1.54) is 5.01 Å². The number of hydrazone groups is 1. The lowest BCUT2D eigenvalue weighted by Crippen LogP contribution is -2.51. The lowest BCUT2D eigenvalue weighted by molar-refractivity contribution is -0.127. The van der Waals surface area contributed by atoms with Gasteiger partial charge in [-0.2, -0.15) is 5.10 Å². The van der Waals surface area contributed by atoms with Gasteiger partial charge in [-0.3, -0.25) is 9.69 Å².